The molecule has 1 saturated heterocycles. The van der Waals surface area contributed by atoms with Gasteiger partial charge in [0, 0.05) is 30.2 Å². The number of rotatable bonds is 3. The monoisotopic (exact) mass is 346 g/mol. The van der Waals surface area contributed by atoms with Crippen LogP contribution in [-0.2, 0) is 11.3 Å². The van der Waals surface area contributed by atoms with Crippen LogP contribution in [0.5, 0.6) is 0 Å². The summed E-state index contributed by atoms with van der Waals surface area (Å²) in [6.07, 6.45) is 3.67. The molecule has 0 spiro atoms. The second kappa shape index (κ2) is 6.96. The van der Waals surface area contributed by atoms with Gasteiger partial charge in [0.25, 0.3) is 0 Å². The quantitative estimate of drug-likeness (QED) is 0.653. The van der Waals surface area contributed by atoms with Crippen molar-refractivity contribution in [3.63, 3.8) is 0 Å². The fourth-order valence-electron chi connectivity index (χ4n) is 3.52. The Labute approximate surface area is 136 Å². The summed E-state index contributed by atoms with van der Waals surface area (Å²) >= 11 is 0. The molecule has 0 bridgehead atoms. The Kier molecular flexibility index (Phi) is 4.93. The lowest BCUT2D eigenvalue weighted by Crippen LogP contribution is -2.49. The number of fused-ring (bicyclic) bond motifs is 1. The first kappa shape index (κ1) is 17.0. The Balaban J connectivity index is 1.60. The maximum Gasteiger partial charge on any atom is 0.315 e. The molecular formula is C16H18F4N2O2. The van der Waals surface area contributed by atoms with Crippen molar-refractivity contribution in [3.8, 4) is 0 Å². The predicted molar refractivity (Wildman–Crippen MR) is 77.1 cm³/mol. The molecule has 2 fully saturated rings. The highest BCUT2D eigenvalue weighted by Gasteiger charge is 2.38. The molecule has 1 heterocycles. The van der Waals surface area contributed by atoms with Crippen LogP contribution in [0.2, 0.25) is 0 Å². The first-order valence-electron chi connectivity index (χ1n) is 7.95. The molecule has 3 rings (SSSR count). The van der Waals surface area contributed by atoms with Crippen LogP contribution in [0, 0.1) is 29.2 Å². The molecule has 0 aromatic heterocycles. The van der Waals surface area contributed by atoms with Gasteiger partial charge in [0.1, 0.15) is 0 Å². The van der Waals surface area contributed by atoms with Crippen LogP contribution >= 0.6 is 0 Å². The van der Waals surface area contributed by atoms with Gasteiger partial charge in [-0.25, -0.2) is 22.4 Å². The number of carbonyl (C=O) groups excluding carboxylic acids is 1. The highest BCUT2D eigenvalue weighted by atomic mass is 19.2. The minimum absolute atomic E-state index is 0.0785. The SMILES string of the molecule is O=C(NCc1c(F)c(F)cc(F)c1F)NC1CCCC2OCCC12. The molecule has 2 aliphatic rings. The molecule has 1 aliphatic heterocycles. The third kappa shape index (κ3) is 3.33. The third-order valence-corrected chi connectivity index (χ3v) is 4.73. The molecule has 1 aliphatic carbocycles. The van der Waals surface area contributed by atoms with Crippen LogP contribution in [-0.4, -0.2) is 24.8 Å². The summed E-state index contributed by atoms with van der Waals surface area (Å²) in [6.45, 7) is 0.0175. The summed E-state index contributed by atoms with van der Waals surface area (Å²) in [4.78, 5) is 12.0. The number of benzene rings is 1. The van der Waals surface area contributed by atoms with E-state index in [2.05, 4.69) is 10.6 Å². The van der Waals surface area contributed by atoms with Crippen molar-refractivity contribution in [2.45, 2.75) is 44.4 Å². The minimum atomic E-state index is -1.50. The van der Waals surface area contributed by atoms with Gasteiger partial charge in [-0.2, -0.15) is 0 Å². The van der Waals surface area contributed by atoms with E-state index in [0.717, 1.165) is 25.7 Å². The highest BCUT2D eigenvalue weighted by Crippen LogP contribution is 2.34. The molecule has 2 amide bonds. The molecule has 0 radical (unpaired) electrons. The van der Waals surface area contributed by atoms with Gasteiger partial charge in [0.15, 0.2) is 23.3 Å². The summed E-state index contributed by atoms with van der Waals surface area (Å²) in [7, 11) is 0. The average molecular weight is 346 g/mol. The number of hydrogen-bond acceptors (Lipinski definition) is 2. The van der Waals surface area contributed by atoms with Crippen molar-refractivity contribution in [2.24, 2.45) is 5.92 Å². The number of halogens is 4. The second-order valence-electron chi connectivity index (χ2n) is 6.17. The number of amides is 2. The maximum absolute atomic E-state index is 13.6. The Morgan fingerprint density at radius 1 is 1.12 bits per heavy atom. The summed E-state index contributed by atoms with van der Waals surface area (Å²) < 4.78 is 59.0. The number of nitrogens with one attached hydrogen (secondary N) is 2. The van der Waals surface area contributed by atoms with E-state index >= 15 is 0 Å². The van der Waals surface area contributed by atoms with E-state index in [1.165, 1.54) is 0 Å². The molecule has 1 aromatic carbocycles. The number of urea groups is 1. The van der Waals surface area contributed by atoms with E-state index in [4.69, 9.17) is 4.74 Å². The molecule has 3 unspecified atom stereocenters. The second-order valence-corrected chi connectivity index (χ2v) is 6.17. The van der Waals surface area contributed by atoms with Gasteiger partial charge in [0.2, 0.25) is 0 Å². The normalized spacial score (nSPS) is 26.1. The van der Waals surface area contributed by atoms with Crippen LogP contribution in [0.25, 0.3) is 0 Å². The topological polar surface area (TPSA) is 50.4 Å². The number of carbonyl (C=O) groups is 1. The predicted octanol–water partition coefficient (Wildman–Crippen LogP) is 3.00. The fourth-order valence-corrected chi connectivity index (χ4v) is 3.52. The first-order valence-corrected chi connectivity index (χ1v) is 7.95. The van der Waals surface area contributed by atoms with Crippen LogP contribution in [0.3, 0.4) is 0 Å². The van der Waals surface area contributed by atoms with Gasteiger partial charge < -0.3 is 15.4 Å². The molecule has 1 saturated carbocycles. The van der Waals surface area contributed by atoms with Gasteiger partial charge in [-0.1, -0.05) is 0 Å². The van der Waals surface area contributed by atoms with Gasteiger partial charge in [0.05, 0.1) is 12.6 Å². The van der Waals surface area contributed by atoms with Crippen LogP contribution in [0.1, 0.15) is 31.2 Å². The Bertz CT molecular complexity index is 615. The zero-order valence-corrected chi connectivity index (χ0v) is 12.9. The lowest BCUT2D eigenvalue weighted by Gasteiger charge is -2.33. The standard InChI is InChI=1S/C16H18F4N2O2/c17-10-6-11(18)15(20)9(14(10)19)7-21-16(23)22-12-2-1-3-13-8(12)4-5-24-13/h6,8,12-13H,1-5,7H2,(H2,21,22,23). The van der Waals surface area contributed by atoms with E-state index < -0.39 is 41.4 Å². The van der Waals surface area contributed by atoms with Crippen LogP contribution in [0.4, 0.5) is 22.4 Å². The first-order chi connectivity index (χ1) is 11.5. The van der Waals surface area contributed by atoms with Crippen molar-refractivity contribution < 1.29 is 27.1 Å². The Hall–Kier alpha value is -1.83. The zero-order valence-electron chi connectivity index (χ0n) is 12.9. The molecule has 8 heteroatoms. The van der Waals surface area contributed by atoms with Crippen molar-refractivity contribution in [2.75, 3.05) is 6.61 Å². The summed E-state index contributed by atoms with van der Waals surface area (Å²) in [6, 6.07) is -0.572. The minimum Gasteiger partial charge on any atom is -0.378 e. The maximum atomic E-state index is 13.6. The van der Waals surface area contributed by atoms with Gasteiger partial charge >= 0.3 is 6.03 Å². The Morgan fingerprint density at radius 2 is 1.83 bits per heavy atom. The average Bonchev–Trinajstić information content (AvgIpc) is 3.03. The van der Waals surface area contributed by atoms with Crippen molar-refractivity contribution >= 4 is 6.03 Å². The van der Waals surface area contributed by atoms with Gasteiger partial charge in [-0.05, 0) is 25.7 Å². The highest BCUT2D eigenvalue weighted by molar-refractivity contribution is 5.74. The number of hydrogen-bond donors (Lipinski definition) is 2. The van der Waals surface area contributed by atoms with E-state index in [-0.39, 0.29) is 24.1 Å². The summed E-state index contributed by atoms with van der Waals surface area (Å²) in [5.41, 5.74) is -0.839. The van der Waals surface area contributed by atoms with Gasteiger partial charge in [-0.3, -0.25) is 0 Å². The van der Waals surface area contributed by atoms with E-state index in [1.807, 2.05) is 0 Å². The molecule has 24 heavy (non-hydrogen) atoms. The molecule has 4 nitrogen and oxygen atoms in total. The Morgan fingerprint density at radius 3 is 2.54 bits per heavy atom. The van der Waals surface area contributed by atoms with Crippen LogP contribution in [0.15, 0.2) is 6.07 Å². The zero-order chi connectivity index (χ0) is 17.3. The van der Waals surface area contributed by atoms with Crippen molar-refractivity contribution in [1.29, 1.82) is 0 Å². The van der Waals surface area contributed by atoms with E-state index in [1.54, 1.807) is 0 Å². The smallest absolute Gasteiger partial charge is 0.315 e. The molecule has 132 valence electrons. The van der Waals surface area contributed by atoms with Crippen molar-refractivity contribution in [3.05, 3.63) is 34.9 Å². The largest absolute Gasteiger partial charge is 0.378 e. The number of ether oxygens (including phenoxy) is 1. The third-order valence-electron chi connectivity index (χ3n) is 4.73. The molecule has 2 N–H and O–H groups in total. The lowest BCUT2D eigenvalue weighted by molar-refractivity contribution is 0.0549. The van der Waals surface area contributed by atoms with Gasteiger partial charge in [-0.15, -0.1) is 0 Å². The molecular weight excluding hydrogens is 328 g/mol. The summed E-state index contributed by atoms with van der Waals surface area (Å²) in [5.74, 6) is -5.77. The van der Waals surface area contributed by atoms with E-state index in [0.29, 0.717) is 6.61 Å². The van der Waals surface area contributed by atoms with E-state index in [9.17, 15) is 22.4 Å². The molecule has 1 aromatic rings. The lowest BCUT2D eigenvalue weighted by atomic mass is 9.82. The van der Waals surface area contributed by atoms with Crippen molar-refractivity contribution in [1.82, 2.24) is 10.6 Å². The fraction of sp³-hybridized carbons (Fsp3) is 0.562. The van der Waals surface area contributed by atoms with Crippen LogP contribution < -0.4 is 10.6 Å². The summed E-state index contributed by atoms with van der Waals surface area (Å²) in [5, 5.41) is 5.02. The molecule has 3 atom stereocenters.